The van der Waals surface area contributed by atoms with Gasteiger partial charge >= 0.3 is 18.0 Å². The van der Waals surface area contributed by atoms with Crippen molar-refractivity contribution in [1.29, 1.82) is 0 Å². The zero-order valence-corrected chi connectivity index (χ0v) is 11.9. The number of benzene rings is 1. The third-order valence-electron chi connectivity index (χ3n) is 3.38. The second-order valence-corrected chi connectivity index (χ2v) is 4.82. The summed E-state index contributed by atoms with van der Waals surface area (Å²) in [4.78, 5) is 0. The van der Waals surface area contributed by atoms with Gasteiger partial charge in [-0.15, -0.1) is 0 Å². The molecule has 0 radical (unpaired) electrons. The van der Waals surface area contributed by atoms with Gasteiger partial charge in [-0.05, 0) is 17.5 Å². The lowest BCUT2D eigenvalue weighted by atomic mass is 9.92. The van der Waals surface area contributed by atoms with E-state index >= 15 is 0 Å². The Hall–Kier alpha value is -1.31. The quantitative estimate of drug-likeness (QED) is 0.677. The average molecular weight is 332 g/mol. The number of alkyl halides is 7. The van der Waals surface area contributed by atoms with Crippen LogP contribution in [-0.2, 0) is 11.2 Å². The lowest BCUT2D eigenvalue weighted by molar-refractivity contribution is -0.348. The summed E-state index contributed by atoms with van der Waals surface area (Å²) in [6.07, 6.45) is -15.2. The summed E-state index contributed by atoms with van der Waals surface area (Å²) < 4.78 is 94.1. The van der Waals surface area contributed by atoms with Gasteiger partial charge in [0.2, 0.25) is 0 Å². The fourth-order valence-corrected chi connectivity index (χ4v) is 2.00. The number of rotatable bonds is 5. The molecule has 0 aliphatic heterocycles. The van der Waals surface area contributed by atoms with Gasteiger partial charge < -0.3 is 4.74 Å². The van der Waals surface area contributed by atoms with Gasteiger partial charge in [-0.25, -0.2) is 4.39 Å². The van der Waals surface area contributed by atoms with Crippen molar-refractivity contribution >= 4 is 0 Å². The first-order chi connectivity index (χ1) is 9.96. The Labute approximate surface area is 123 Å². The maximum absolute atomic E-state index is 13.8. The molecule has 1 atom stereocenters. The summed E-state index contributed by atoms with van der Waals surface area (Å²) in [5.41, 5.74) is -4.57. The first kappa shape index (κ1) is 18.7. The second kappa shape index (κ2) is 6.44. The highest BCUT2D eigenvalue weighted by Crippen LogP contribution is 2.51. The molecule has 1 unspecified atom stereocenters. The average Bonchev–Trinajstić information content (AvgIpc) is 2.42. The van der Waals surface area contributed by atoms with Crippen molar-refractivity contribution in [2.24, 2.45) is 0 Å². The smallest absolute Gasteiger partial charge is 0.377 e. The number of methoxy groups -OCH3 is 1. The van der Waals surface area contributed by atoms with Gasteiger partial charge in [0.25, 0.3) is 0 Å². The van der Waals surface area contributed by atoms with Crippen LogP contribution < -0.4 is 0 Å². The predicted molar refractivity (Wildman–Crippen MR) is 66.1 cm³/mol. The van der Waals surface area contributed by atoms with E-state index in [4.69, 9.17) is 0 Å². The maximum atomic E-state index is 13.8. The second-order valence-electron chi connectivity index (χ2n) is 4.82. The van der Waals surface area contributed by atoms with E-state index in [0.717, 1.165) is 7.11 Å². The van der Waals surface area contributed by atoms with E-state index in [9.17, 15) is 30.7 Å². The van der Waals surface area contributed by atoms with Crippen molar-refractivity contribution in [3.05, 3.63) is 35.4 Å². The van der Waals surface area contributed by atoms with Gasteiger partial charge in [-0.1, -0.05) is 31.2 Å². The SMILES string of the molecule is CCc1cccc(C(CC(F)(C(F)(F)F)C(F)(F)F)OC)c1. The zero-order chi connectivity index (χ0) is 17.2. The summed E-state index contributed by atoms with van der Waals surface area (Å²) >= 11 is 0. The van der Waals surface area contributed by atoms with Gasteiger partial charge in [-0.3, -0.25) is 0 Å². The molecule has 0 saturated heterocycles. The topological polar surface area (TPSA) is 9.23 Å². The molecular weight excluding hydrogens is 317 g/mol. The lowest BCUT2D eigenvalue weighted by Gasteiger charge is -2.32. The van der Waals surface area contributed by atoms with Crippen LogP contribution in [0.15, 0.2) is 24.3 Å². The molecule has 0 heterocycles. The van der Waals surface area contributed by atoms with Gasteiger partial charge in [0.15, 0.2) is 0 Å². The highest BCUT2D eigenvalue weighted by Gasteiger charge is 2.72. The largest absolute Gasteiger partial charge is 0.431 e. The molecule has 1 aromatic rings. The van der Waals surface area contributed by atoms with E-state index in [1.54, 1.807) is 13.0 Å². The van der Waals surface area contributed by atoms with Crippen molar-refractivity contribution < 1.29 is 35.5 Å². The predicted octanol–water partition coefficient (Wildman–Crippen LogP) is 5.16. The number of hydrogen-bond donors (Lipinski definition) is 0. The van der Waals surface area contributed by atoms with Gasteiger partial charge in [-0.2, -0.15) is 26.3 Å². The van der Waals surface area contributed by atoms with Crippen LogP contribution in [0.1, 0.15) is 30.6 Å². The number of aryl methyl sites for hydroxylation is 1. The molecule has 0 N–H and O–H groups in total. The van der Waals surface area contributed by atoms with E-state index in [0.29, 0.717) is 12.0 Å². The van der Waals surface area contributed by atoms with Crippen molar-refractivity contribution in [2.45, 2.75) is 43.9 Å². The van der Waals surface area contributed by atoms with Crippen molar-refractivity contribution in [3.63, 3.8) is 0 Å². The monoisotopic (exact) mass is 332 g/mol. The normalized spacial score (nSPS) is 15.0. The number of halogens is 7. The van der Waals surface area contributed by atoms with E-state index in [-0.39, 0.29) is 5.56 Å². The van der Waals surface area contributed by atoms with Gasteiger partial charge in [0, 0.05) is 13.5 Å². The summed E-state index contributed by atoms with van der Waals surface area (Å²) in [5.74, 6) is 0. The van der Waals surface area contributed by atoms with Crippen LogP contribution >= 0.6 is 0 Å². The van der Waals surface area contributed by atoms with Crippen LogP contribution in [0.25, 0.3) is 0 Å². The molecule has 1 aromatic carbocycles. The molecule has 0 fully saturated rings. The minimum Gasteiger partial charge on any atom is -0.377 e. The Morgan fingerprint density at radius 3 is 1.95 bits per heavy atom. The lowest BCUT2D eigenvalue weighted by Crippen LogP contribution is -2.54. The van der Waals surface area contributed by atoms with Crippen LogP contribution in [0.2, 0.25) is 0 Å². The molecule has 0 amide bonds. The molecule has 0 aromatic heterocycles. The molecular formula is C14H15F7O. The number of ether oxygens (including phenoxy) is 1. The number of hydrogen-bond acceptors (Lipinski definition) is 1. The fraction of sp³-hybridized carbons (Fsp3) is 0.571. The molecule has 0 saturated carbocycles. The van der Waals surface area contributed by atoms with Crippen LogP contribution in [0.5, 0.6) is 0 Å². The standard InChI is InChI=1S/C14H15F7O/c1-3-9-5-4-6-10(7-9)11(22-2)8-12(15,13(16,17)18)14(19,20)21/h4-7,11H,3,8H2,1-2H3. The molecule has 0 aliphatic rings. The molecule has 8 heteroatoms. The molecule has 1 rings (SSSR count). The first-order valence-corrected chi connectivity index (χ1v) is 6.40. The van der Waals surface area contributed by atoms with E-state index in [1.165, 1.54) is 18.2 Å². The third-order valence-corrected chi connectivity index (χ3v) is 3.38. The first-order valence-electron chi connectivity index (χ1n) is 6.40. The summed E-state index contributed by atoms with van der Waals surface area (Å²) in [5, 5.41) is 0. The molecule has 22 heavy (non-hydrogen) atoms. The van der Waals surface area contributed by atoms with Crippen molar-refractivity contribution in [2.75, 3.05) is 7.11 Å². The highest BCUT2D eigenvalue weighted by atomic mass is 19.4. The molecule has 0 bridgehead atoms. The van der Waals surface area contributed by atoms with Gasteiger partial charge in [0.1, 0.15) is 0 Å². The molecule has 1 nitrogen and oxygen atoms in total. The van der Waals surface area contributed by atoms with Crippen LogP contribution in [0, 0.1) is 0 Å². The van der Waals surface area contributed by atoms with Crippen LogP contribution in [-0.4, -0.2) is 25.1 Å². The Bertz CT molecular complexity index is 479. The van der Waals surface area contributed by atoms with Crippen LogP contribution in [0.3, 0.4) is 0 Å². The van der Waals surface area contributed by atoms with Gasteiger partial charge in [0.05, 0.1) is 6.10 Å². The minimum absolute atomic E-state index is 0.0670. The Balaban J connectivity index is 3.19. The fourth-order valence-electron chi connectivity index (χ4n) is 2.00. The maximum Gasteiger partial charge on any atom is 0.431 e. The van der Waals surface area contributed by atoms with Crippen molar-refractivity contribution in [1.82, 2.24) is 0 Å². The summed E-state index contributed by atoms with van der Waals surface area (Å²) in [6.45, 7) is 1.77. The third kappa shape index (κ3) is 3.71. The van der Waals surface area contributed by atoms with Crippen molar-refractivity contribution in [3.8, 4) is 0 Å². The highest BCUT2D eigenvalue weighted by molar-refractivity contribution is 5.26. The minimum atomic E-state index is -6.08. The Morgan fingerprint density at radius 1 is 1.00 bits per heavy atom. The van der Waals surface area contributed by atoms with E-state index < -0.39 is 30.5 Å². The van der Waals surface area contributed by atoms with Crippen LogP contribution in [0.4, 0.5) is 30.7 Å². The Kier molecular flexibility index (Phi) is 5.48. The Morgan fingerprint density at radius 2 is 1.55 bits per heavy atom. The molecule has 126 valence electrons. The summed E-state index contributed by atoms with van der Waals surface area (Å²) in [6, 6.07) is 5.84. The van der Waals surface area contributed by atoms with E-state index in [1.807, 2.05) is 0 Å². The molecule has 0 spiro atoms. The zero-order valence-electron chi connectivity index (χ0n) is 11.9. The van der Waals surface area contributed by atoms with E-state index in [2.05, 4.69) is 4.74 Å². The molecule has 0 aliphatic carbocycles. The summed E-state index contributed by atoms with van der Waals surface area (Å²) in [7, 11) is 0.941.